The second kappa shape index (κ2) is 5.61. The van der Waals surface area contributed by atoms with Crippen LogP contribution in [0.15, 0.2) is 11.1 Å². The summed E-state index contributed by atoms with van der Waals surface area (Å²) in [7, 11) is 0. The molecule has 0 N–H and O–H groups in total. The Hall–Kier alpha value is -1.65. The summed E-state index contributed by atoms with van der Waals surface area (Å²) in [5.41, 5.74) is 1.42. The maximum absolute atomic E-state index is 12.0. The lowest BCUT2D eigenvalue weighted by Gasteiger charge is -2.11. The number of hydrogen-bond acceptors (Lipinski definition) is 5. The topological polar surface area (TPSA) is 69.7 Å². The molecular formula is C12H16O5. The second-order valence-electron chi connectivity index (χ2n) is 4.09. The molecule has 0 aromatic heterocycles. The van der Waals surface area contributed by atoms with Crippen molar-refractivity contribution in [3.63, 3.8) is 0 Å². The third kappa shape index (κ3) is 3.15. The number of rotatable bonds is 5. The number of Topliss-reactive ketones (excluding diaryl/α,β-unsaturated/α-hetero) is 1. The first kappa shape index (κ1) is 13.4. The zero-order valence-electron chi connectivity index (χ0n) is 10.2. The van der Waals surface area contributed by atoms with Crippen LogP contribution in [0, 0.1) is 0 Å². The molecule has 0 aliphatic carbocycles. The van der Waals surface area contributed by atoms with Gasteiger partial charge in [0.2, 0.25) is 5.78 Å². The first-order chi connectivity index (χ1) is 7.97. The van der Waals surface area contributed by atoms with Crippen molar-refractivity contribution in [3.05, 3.63) is 11.1 Å². The molecule has 1 rings (SSSR count). The number of carbonyl (C=O) groups excluding carboxylic acids is 3. The summed E-state index contributed by atoms with van der Waals surface area (Å²) in [6.45, 7) is 5.63. The highest BCUT2D eigenvalue weighted by Gasteiger charge is 2.40. The molecule has 17 heavy (non-hydrogen) atoms. The van der Waals surface area contributed by atoms with E-state index in [2.05, 4.69) is 9.47 Å². The molecule has 0 radical (unpaired) electrons. The minimum Gasteiger partial charge on any atom is -0.409 e. The van der Waals surface area contributed by atoms with Gasteiger partial charge < -0.3 is 9.47 Å². The monoisotopic (exact) mass is 240 g/mol. The third-order valence-corrected chi connectivity index (χ3v) is 2.49. The van der Waals surface area contributed by atoms with Gasteiger partial charge in [-0.1, -0.05) is 18.9 Å². The van der Waals surface area contributed by atoms with E-state index in [1.165, 1.54) is 0 Å². The number of hydrogen-bond donors (Lipinski definition) is 0. The van der Waals surface area contributed by atoms with Crippen LogP contribution < -0.4 is 0 Å². The summed E-state index contributed by atoms with van der Waals surface area (Å²) in [6.07, 6.45) is 1.02. The molecule has 0 bridgehead atoms. The van der Waals surface area contributed by atoms with E-state index in [1.807, 2.05) is 20.8 Å². The van der Waals surface area contributed by atoms with Crippen LogP contribution in [0.4, 0.5) is 0 Å². The largest absolute Gasteiger partial charge is 0.421 e. The number of ether oxygens (including phenoxy) is 2. The van der Waals surface area contributed by atoms with Crippen molar-refractivity contribution in [2.75, 3.05) is 0 Å². The van der Waals surface area contributed by atoms with Crippen LogP contribution in [0.3, 0.4) is 0 Å². The molecule has 0 spiro atoms. The highest BCUT2D eigenvalue weighted by molar-refractivity contribution is 6.32. The summed E-state index contributed by atoms with van der Waals surface area (Å²) in [4.78, 5) is 33.6. The van der Waals surface area contributed by atoms with E-state index >= 15 is 0 Å². The second-order valence-corrected chi connectivity index (χ2v) is 4.09. The van der Waals surface area contributed by atoms with Crippen LogP contribution in [-0.4, -0.2) is 24.0 Å². The zero-order valence-corrected chi connectivity index (χ0v) is 10.2. The quantitative estimate of drug-likeness (QED) is 0.414. The molecule has 0 atom stereocenters. The van der Waals surface area contributed by atoms with Crippen molar-refractivity contribution in [1.29, 1.82) is 0 Å². The van der Waals surface area contributed by atoms with Gasteiger partial charge in [-0.2, -0.15) is 0 Å². The Kier molecular flexibility index (Phi) is 4.43. The van der Waals surface area contributed by atoms with Gasteiger partial charge in [0.25, 0.3) is 0 Å². The number of esters is 2. The minimum absolute atomic E-state index is 0.433. The molecule has 94 valence electrons. The van der Waals surface area contributed by atoms with Gasteiger partial charge >= 0.3 is 18.2 Å². The molecule has 1 aliphatic heterocycles. The molecule has 5 heteroatoms. The van der Waals surface area contributed by atoms with Gasteiger partial charge in [0.05, 0.1) is 0 Å². The van der Waals surface area contributed by atoms with E-state index in [-0.39, 0.29) is 0 Å². The summed E-state index contributed by atoms with van der Waals surface area (Å²) in [6, 6.07) is 0. The van der Waals surface area contributed by atoms with Gasteiger partial charge in [-0.05, 0) is 26.7 Å². The van der Waals surface area contributed by atoms with Crippen molar-refractivity contribution in [2.24, 2.45) is 0 Å². The van der Waals surface area contributed by atoms with Crippen molar-refractivity contribution in [1.82, 2.24) is 0 Å². The molecule has 1 saturated heterocycles. The Morgan fingerprint density at radius 3 is 2.12 bits per heavy atom. The fourth-order valence-corrected chi connectivity index (χ4v) is 1.54. The fourth-order valence-electron chi connectivity index (χ4n) is 1.54. The van der Waals surface area contributed by atoms with Crippen LogP contribution in [-0.2, 0) is 23.9 Å². The lowest BCUT2D eigenvalue weighted by atomic mass is 9.99. The Morgan fingerprint density at radius 1 is 1.18 bits per heavy atom. The summed E-state index contributed by atoms with van der Waals surface area (Å²) >= 11 is 0. The maximum Gasteiger partial charge on any atom is 0.421 e. The van der Waals surface area contributed by atoms with Crippen LogP contribution in [0.1, 0.15) is 40.0 Å². The zero-order chi connectivity index (χ0) is 13.0. The van der Waals surface area contributed by atoms with Crippen LogP contribution >= 0.6 is 0 Å². The number of ketones is 1. The van der Waals surface area contributed by atoms with Crippen LogP contribution in [0.25, 0.3) is 0 Å². The van der Waals surface area contributed by atoms with Crippen LogP contribution in [0.2, 0.25) is 0 Å². The minimum atomic E-state index is -1.39. The van der Waals surface area contributed by atoms with Gasteiger partial charge in [-0.15, -0.1) is 0 Å². The molecule has 0 saturated carbocycles. The summed E-state index contributed by atoms with van der Waals surface area (Å²) < 4.78 is 9.10. The average Bonchev–Trinajstić information content (AvgIpc) is 2.59. The SMILES string of the molecule is CCCCC(C(=O)C1OC(=O)C(=O)O1)=C(C)C. The van der Waals surface area contributed by atoms with Gasteiger partial charge in [-0.25, -0.2) is 9.59 Å². The fraction of sp³-hybridized carbons (Fsp3) is 0.583. The highest BCUT2D eigenvalue weighted by atomic mass is 16.8. The Bertz CT molecular complexity index is 360. The number of cyclic esters (lactones) is 2. The molecule has 0 aromatic carbocycles. The first-order valence-corrected chi connectivity index (χ1v) is 5.59. The van der Waals surface area contributed by atoms with Crippen LogP contribution in [0.5, 0.6) is 0 Å². The van der Waals surface area contributed by atoms with E-state index < -0.39 is 24.0 Å². The Balaban J connectivity index is 2.77. The van der Waals surface area contributed by atoms with E-state index in [4.69, 9.17) is 0 Å². The molecule has 1 fully saturated rings. The molecule has 1 heterocycles. The third-order valence-electron chi connectivity index (χ3n) is 2.49. The lowest BCUT2D eigenvalue weighted by Crippen LogP contribution is -2.24. The predicted octanol–water partition coefficient (Wildman–Crippen LogP) is 1.51. The van der Waals surface area contributed by atoms with Crippen molar-refractivity contribution >= 4 is 17.7 Å². The number of carbonyl (C=O) groups is 3. The molecule has 1 aliphatic rings. The van der Waals surface area contributed by atoms with Gasteiger partial charge in [0.15, 0.2) is 0 Å². The van der Waals surface area contributed by atoms with E-state index in [9.17, 15) is 14.4 Å². The normalized spacial score (nSPS) is 15.5. The summed E-state index contributed by atoms with van der Waals surface area (Å²) in [5.74, 6) is -2.64. The smallest absolute Gasteiger partial charge is 0.409 e. The first-order valence-electron chi connectivity index (χ1n) is 5.59. The van der Waals surface area contributed by atoms with E-state index in [0.717, 1.165) is 18.4 Å². The predicted molar refractivity (Wildman–Crippen MR) is 58.9 cm³/mol. The molecular weight excluding hydrogens is 224 g/mol. The molecule has 0 unspecified atom stereocenters. The van der Waals surface area contributed by atoms with E-state index in [1.54, 1.807) is 0 Å². The van der Waals surface area contributed by atoms with Crippen molar-refractivity contribution in [2.45, 2.75) is 46.3 Å². The Morgan fingerprint density at radius 2 is 1.71 bits per heavy atom. The average molecular weight is 240 g/mol. The van der Waals surface area contributed by atoms with Gasteiger partial charge in [0.1, 0.15) is 0 Å². The number of unbranched alkanes of at least 4 members (excludes halogenated alkanes) is 1. The molecule has 5 nitrogen and oxygen atoms in total. The Labute approximate surface area is 99.8 Å². The number of allylic oxidation sites excluding steroid dienone is 1. The standard InChI is InChI=1S/C12H16O5/c1-4-5-6-8(7(2)3)9(13)12-16-10(14)11(15)17-12/h12H,4-6H2,1-3H3. The highest BCUT2D eigenvalue weighted by Crippen LogP contribution is 2.19. The van der Waals surface area contributed by atoms with Crippen molar-refractivity contribution in [3.8, 4) is 0 Å². The van der Waals surface area contributed by atoms with Gasteiger partial charge in [0, 0.05) is 5.57 Å². The van der Waals surface area contributed by atoms with Gasteiger partial charge in [-0.3, -0.25) is 4.79 Å². The van der Waals surface area contributed by atoms with E-state index in [0.29, 0.717) is 12.0 Å². The molecule has 0 amide bonds. The lowest BCUT2D eigenvalue weighted by molar-refractivity contribution is -0.153. The molecule has 0 aromatic rings. The summed E-state index contributed by atoms with van der Waals surface area (Å²) in [5, 5.41) is 0. The van der Waals surface area contributed by atoms with Crippen molar-refractivity contribution < 1.29 is 23.9 Å². The maximum atomic E-state index is 12.0.